The van der Waals surface area contributed by atoms with Crippen LogP contribution in [0.1, 0.15) is 83.6 Å². The molecule has 1 aromatic heterocycles. The third kappa shape index (κ3) is 9.99. The van der Waals surface area contributed by atoms with Crippen LogP contribution in [-0.2, 0) is 28.5 Å². The number of aromatic nitrogens is 2. The summed E-state index contributed by atoms with van der Waals surface area (Å²) in [4.78, 5) is 69.2. The number of aliphatic imine (C=N–C) groups is 1. The summed E-state index contributed by atoms with van der Waals surface area (Å²) < 4.78 is 20.8. The molecule has 0 aliphatic carbocycles. The maximum atomic E-state index is 14.0. The van der Waals surface area contributed by atoms with Crippen molar-refractivity contribution in [3.63, 3.8) is 0 Å². The molecule has 3 aliphatic heterocycles. The number of amides is 4. The number of hydrogen-bond acceptors (Lipinski definition) is 10. The number of aromatic amines is 1. The van der Waals surface area contributed by atoms with Gasteiger partial charge in [-0.3, -0.25) is 14.6 Å². The molecule has 61 heavy (non-hydrogen) atoms. The summed E-state index contributed by atoms with van der Waals surface area (Å²) in [6.45, 7) is 8.95. The number of alkyl carbamates (subject to hydrolysis) is 2. The lowest BCUT2D eigenvalue weighted by Crippen LogP contribution is -2.55. The number of carbonyl (C=O) groups is 4. The van der Waals surface area contributed by atoms with Crippen LogP contribution in [0.15, 0.2) is 65.9 Å². The van der Waals surface area contributed by atoms with Crippen molar-refractivity contribution in [2.75, 3.05) is 41.6 Å². The molecule has 3 N–H and O–H groups in total. The van der Waals surface area contributed by atoms with Crippen molar-refractivity contribution in [3.05, 3.63) is 72.3 Å². The molecule has 3 aromatic rings. The predicted octanol–water partition coefficient (Wildman–Crippen LogP) is 6.77. The van der Waals surface area contributed by atoms with Gasteiger partial charge in [-0.05, 0) is 66.4 Å². The minimum atomic E-state index is -0.900. The highest BCUT2D eigenvalue weighted by Crippen LogP contribution is 2.38. The molecule has 4 heterocycles. The number of benzene rings is 2. The molecule has 0 spiro atoms. The molecule has 8 atom stereocenters. The van der Waals surface area contributed by atoms with Crippen LogP contribution in [0.2, 0.25) is 0 Å². The molecule has 15 heteroatoms. The van der Waals surface area contributed by atoms with Gasteiger partial charge in [-0.2, -0.15) is 0 Å². The first-order valence-electron chi connectivity index (χ1n) is 21.3. The van der Waals surface area contributed by atoms with Crippen molar-refractivity contribution in [1.29, 1.82) is 0 Å². The molecule has 2 fully saturated rings. The average Bonchev–Trinajstić information content (AvgIpc) is 4.12. The van der Waals surface area contributed by atoms with Gasteiger partial charge in [0, 0.05) is 51.1 Å². The van der Waals surface area contributed by atoms with E-state index >= 15 is 0 Å². The maximum Gasteiger partial charge on any atom is 0.407 e. The van der Waals surface area contributed by atoms with Gasteiger partial charge in [0.05, 0.1) is 50.9 Å². The predicted molar refractivity (Wildman–Crippen MR) is 232 cm³/mol. The first-order valence-corrected chi connectivity index (χ1v) is 21.3. The fourth-order valence-corrected chi connectivity index (χ4v) is 8.91. The van der Waals surface area contributed by atoms with E-state index in [0.717, 1.165) is 64.9 Å². The molecule has 2 aromatic carbocycles. The Balaban J connectivity index is 1.11. The summed E-state index contributed by atoms with van der Waals surface area (Å²) >= 11 is 0. The zero-order chi connectivity index (χ0) is 43.8. The third-order valence-corrected chi connectivity index (χ3v) is 12.6. The van der Waals surface area contributed by atoms with Gasteiger partial charge < -0.3 is 44.4 Å². The molecule has 6 rings (SSSR count). The summed E-state index contributed by atoms with van der Waals surface area (Å²) in [6.07, 6.45) is 6.02. The van der Waals surface area contributed by atoms with E-state index in [-0.39, 0.29) is 41.8 Å². The van der Waals surface area contributed by atoms with Gasteiger partial charge in [0.15, 0.2) is 0 Å². The molecule has 15 nitrogen and oxygen atoms in total. The van der Waals surface area contributed by atoms with E-state index in [1.807, 2.05) is 43.7 Å². The number of ether oxygens (including phenoxy) is 4. The largest absolute Gasteiger partial charge is 0.453 e. The fourth-order valence-electron chi connectivity index (χ4n) is 8.91. The summed E-state index contributed by atoms with van der Waals surface area (Å²) in [5.41, 5.74) is 7.00. The SMILES string of the molecule is CC[C@H](C)[C@H](NC(=O)OC)C(=O)N1C[C@@H](COC)C[C@H]1C1=NC=C(c2ccc(-c3ccc(-c4cnc([C@@H]5CC[C@H](C)N5C(=O)[C@@H](NC(=O)OC)[C@@H](CC)OC)[nH]4)cc3)cc2)C1. The number of nitrogens with zero attached hydrogens (tertiary/aromatic N) is 4. The third-order valence-electron chi connectivity index (χ3n) is 12.6. The van der Waals surface area contributed by atoms with Crippen LogP contribution in [0.4, 0.5) is 9.59 Å². The lowest BCUT2D eigenvalue weighted by Gasteiger charge is -2.34. The number of H-pyrrole nitrogens is 1. The van der Waals surface area contributed by atoms with Crippen LogP contribution >= 0.6 is 0 Å². The van der Waals surface area contributed by atoms with E-state index in [0.29, 0.717) is 31.8 Å². The Morgan fingerprint density at radius 1 is 0.820 bits per heavy atom. The Hall–Kier alpha value is -5.54. The minimum absolute atomic E-state index is 0.0552. The summed E-state index contributed by atoms with van der Waals surface area (Å²) in [6, 6.07) is 14.6. The zero-order valence-electron chi connectivity index (χ0n) is 36.6. The van der Waals surface area contributed by atoms with Crippen LogP contribution in [0.3, 0.4) is 0 Å². The van der Waals surface area contributed by atoms with Crippen molar-refractivity contribution in [1.82, 2.24) is 30.4 Å². The second-order valence-corrected chi connectivity index (χ2v) is 16.3. The van der Waals surface area contributed by atoms with Crippen LogP contribution in [0.25, 0.3) is 28.0 Å². The first kappa shape index (κ1) is 45.0. The van der Waals surface area contributed by atoms with E-state index in [1.165, 1.54) is 21.3 Å². The quantitative estimate of drug-likeness (QED) is 0.141. The minimum Gasteiger partial charge on any atom is -0.453 e. The van der Waals surface area contributed by atoms with Crippen molar-refractivity contribution in [2.24, 2.45) is 16.8 Å². The number of likely N-dealkylation sites (tertiary alicyclic amines) is 2. The average molecular weight is 840 g/mol. The number of methoxy groups -OCH3 is 4. The Bertz CT molecular complexity index is 2060. The molecule has 0 bridgehead atoms. The van der Waals surface area contributed by atoms with E-state index in [4.69, 9.17) is 28.9 Å². The van der Waals surface area contributed by atoms with E-state index < -0.39 is 30.4 Å². The van der Waals surface area contributed by atoms with Crippen molar-refractivity contribution >= 4 is 35.3 Å². The Morgan fingerprint density at radius 2 is 1.44 bits per heavy atom. The highest BCUT2D eigenvalue weighted by molar-refractivity contribution is 6.04. The highest BCUT2D eigenvalue weighted by atomic mass is 16.5. The number of rotatable bonds is 16. The van der Waals surface area contributed by atoms with Gasteiger partial charge in [-0.1, -0.05) is 75.7 Å². The number of hydrogen-bond donors (Lipinski definition) is 3. The maximum absolute atomic E-state index is 14.0. The monoisotopic (exact) mass is 839 g/mol. The zero-order valence-corrected chi connectivity index (χ0v) is 36.6. The molecule has 0 radical (unpaired) electrons. The van der Waals surface area contributed by atoms with E-state index in [1.54, 1.807) is 13.3 Å². The van der Waals surface area contributed by atoms with Gasteiger partial charge in [-0.15, -0.1) is 0 Å². The van der Waals surface area contributed by atoms with Crippen LogP contribution in [0, 0.1) is 11.8 Å². The number of carbonyl (C=O) groups excluding carboxylic acids is 4. The second kappa shape index (κ2) is 20.3. The topological polar surface area (TPSA) is 177 Å². The van der Waals surface area contributed by atoms with E-state index in [2.05, 4.69) is 64.1 Å². The summed E-state index contributed by atoms with van der Waals surface area (Å²) in [7, 11) is 5.78. The molecule has 328 valence electrons. The van der Waals surface area contributed by atoms with E-state index in [9.17, 15) is 19.2 Å². The van der Waals surface area contributed by atoms with Crippen molar-refractivity contribution < 1.29 is 38.1 Å². The molecular weight excluding hydrogens is 779 g/mol. The van der Waals surface area contributed by atoms with Gasteiger partial charge in [0.2, 0.25) is 11.8 Å². The molecule has 0 saturated carbocycles. The number of allylic oxidation sites excluding steroid dienone is 1. The Morgan fingerprint density at radius 3 is 2.03 bits per heavy atom. The Labute approximate surface area is 358 Å². The molecule has 2 saturated heterocycles. The van der Waals surface area contributed by atoms with Crippen LogP contribution < -0.4 is 10.6 Å². The smallest absolute Gasteiger partial charge is 0.407 e. The lowest BCUT2D eigenvalue weighted by molar-refractivity contribution is -0.140. The number of nitrogens with one attached hydrogen (secondary N) is 3. The van der Waals surface area contributed by atoms with Gasteiger partial charge in [0.1, 0.15) is 17.9 Å². The summed E-state index contributed by atoms with van der Waals surface area (Å²) in [5, 5.41) is 5.48. The molecular formula is C46H61N7O8. The van der Waals surface area contributed by atoms with Crippen LogP contribution in [0.5, 0.6) is 0 Å². The van der Waals surface area contributed by atoms with Gasteiger partial charge in [-0.25, -0.2) is 14.6 Å². The van der Waals surface area contributed by atoms with Crippen molar-refractivity contribution in [3.8, 4) is 22.4 Å². The van der Waals surface area contributed by atoms with Crippen molar-refractivity contribution in [2.45, 2.75) is 103 Å². The Kier molecular flexibility index (Phi) is 15.0. The van der Waals surface area contributed by atoms with Gasteiger partial charge in [0.25, 0.3) is 0 Å². The first-order chi connectivity index (χ1) is 29.4. The highest BCUT2D eigenvalue weighted by Gasteiger charge is 2.44. The summed E-state index contributed by atoms with van der Waals surface area (Å²) in [5.74, 6) is 0.412. The standard InChI is InChI=1S/C46H61N7O8/c1-9-27(3)40(50-45(56)60-7)43(54)52-25-29(26-58-5)21-38(52)35-22-34(23-47-35)32-14-12-30(13-15-32)31-16-18-33(19-17-31)36-24-48-42(49-36)37-20-11-28(4)53(37)44(55)41(39(10-2)59-6)51-46(57)61-8/h12-19,23-24,27-29,37-41H,9-11,20-22,25-26H2,1-8H3,(H,48,49)(H,50,56)(H,51,57)/t27-,28-,29-,37-,38-,39+,40-,41-/m0/s1. The lowest BCUT2D eigenvalue weighted by atomic mass is 9.94. The fraction of sp³-hybridized carbons (Fsp3) is 0.522. The normalized spacial score (nSPS) is 21.9. The number of imidazole rings is 1. The molecule has 0 unspecified atom stereocenters. The van der Waals surface area contributed by atoms with Crippen LogP contribution in [-0.4, -0.2) is 121 Å². The second-order valence-electron chi connectivity index (χ2n) is 16.3. The van der Waals surface area contributed by atoms with Gasteiger partial charge >= 0.3 is 12.2 Å². The molecule has 3 aliphatic rings. The molecule has 4 amide bonds.